The first-order valence-electron chi connectivity index (χ1n) is 6.42. The predicted octanol–water partition coefficient (Wildman–Crippen LogP) is 0.0496. The molecule has 0 saturated carbocycles. The Bertz CT molecular complexity index is 190. The van der Waals surface area contributed by atoms with E-state index in [1.54, 1.807) is 0 Å². The van der Waals surface area contributed by atoms with Crippen molar-refractivity contribution in [2.24, 2.45) is 5.92 Å². The van der Waals surface area contributed by atoms with Gasteiger partial charge >= 0.3 is 0 Å². The smallest absolute Gasteiger partial charge is 0.0897 e. The van der Waals surface area contributed by atoms with E-state index in [9.17, 15) is 5.11 Å². The molecule has 16 heavy (non-hydrogen) atoms. The van der Waals surface area contributed by atoms with Gasteiger partial charge in [-0.2, -0.15) is 0 Å². The van der Waals surface area contributed by atoms with Crippen molar-refractivity contribution >= 4 is 0 Å². The van der Waals surface area contributed by atoms with E-state index in [1.807, 2.05) is 0 Å². The molecule has 4 nitrogen and oxygen atoms in total. The van der Waals surface area contributed by atoms with E-state index in [0.717, 1.165) is 19.6 Å². The van der Waals surface area contributed by atoms with Crippen LogP contribution in [0.1, 0.15) is 26.7 Å². The lowest BCUT2D eigenvalue weighted by Gasteiger charge is -2.36. The van der Waals surface area contributed by atoms with E-state index in [0.29, 0.717) is 18.5 Å². The summed E-state index contributed by atoms with van der Waals surface area (Å²) in [5.74, 6) is 0.666. The fourth-order valence-electron chi connectivity index (χ4n) is 2.51. The standard InChI is InChI=1S/C12H26N2O2/c1-3-13-10(2)11-5-4-6-14(7-11)8-12(16)9-15/h10-13,15-16H,3-9H2,1-2H3. The molecule has 0 radical (unpaired) electrons. The van der Waals surface area contributed by atoms with Crippen LogP contribution in [-0.4, -0.2) is 60.0 Å². The molecule has 3 N–H and O–H groups in total. The third-order valence-corrected chi connectivity index (χ3v) is 3.45. The fraction of sp³-hybridized carbons (Fsp3) is 1.00. The Morgan fingerprint density at radius 3 is 2.88 bits per heavy atom. The van der Waals surface area contributed by atoms with Crippen LogP contribution in [0.3, 0.4) is 0 Å². The van der Waals surface area contributed by atoms with Gasteiger partial charge in [-0.25, -0.2) is 0 Å². The molecule has 1 rings (SSSR count). The summed E-state index contributed by atoms with van der Waals surface area (Å²) in [6.45, 7) is 7.93. The average molecular weight is 230 g/mol. The first kappa shape index (κ1) is 13.9. The Morgan fingerprint density at radius 1 is 1.50 bits per heavy atom. The van der Waals surface area contributed by atoms with Crippen LogP contribution in [0.15, 0.2) is 0 Å². The lowest BCUT2D eigenvalue weighted by atomic mass is 9.91. The molecular weight excluding hydrogens is 204 g/mol. The van der Waals surface area contributed by atoms with Crippen LogP contribution in [0.25, 0.3) is 0 Å². The second-order valence-electron chi connectivity index (χ2n) is 4.84. The number of hydrogen-bond donors (Lipinski definition) is 3. The molecule has 96 valence electrons. The van der Waals surface area contributed by atoms with Crippen molar-refractivity contribution in [1.29, 1.82) is 0 Å². The third-order valence-electron chi connectivity index (χ3n) is 3.45. The molecule has 4 heteroatoms. The van der Waals surface area contributed by atoms with Crippen LogP contribution in [0.5, 0.6) is 0 Å². The van der Waals surface area contributed by atoms with Crippen LogP contribution in [0, 0.1) is 5.92 Å². The zero-order valence-electron chi connectivity index (χ0n) is 10.5. The monoisotopic (exact) mass is 230 g/mol. The minimum absolute atomic E-state index is 0.135. The number of hydrogen-bond acceptors (Lipinski definition) is 4. The number of rotatable bonds is 6. The highest BCUT2D eigenvalue weighted by Gasteiger charge is 2.24. The molecule has 0 aromatic rings. The Labute approximate surface area is 98.6 Å². The van der Waals surface area contributed by atoms with Crippen LogP contribution < -0.4 is 5.32 Å². The Kier molecular flexibility index (Phi) is 6.28. The molecular formula is C12H26N2O2. The van der Waals surface area contributed by atoms with Gasteiger partial charge in [-0.05, 0) is 38.8 Å². The normalized spacial score (nSPS) is 26.6. The average Bonchev–Trinajstić information content (AvgIpc) is 2.29. The molecule has 0 spiro atoms. The highest BCUT2D eigenvalue weighted by molar-refractivity contribution is 4.81. The van der Waals surface area contributed by atoms with Gasteiger partial charge in [-0.3, -0.25) is 0 Å². The zero-order chi connectivity index (χ0) is 12.0. The van der Waals surface area contributed by atoms with Gasteiger partial charge in [-0.1, -0.05) is 6.92 Å². The van der Waals surface area contributed by atoms with Crippen molar-refractivity contribution in [3.05, 3.63) is 0 Å². The van der Waals surface area contributed by atoms with Crippen LogP contribution in [0.4, 0.5) is 0 Å². The quantitative estimate of drug-likeness (QED) is 0.603. The summed E-state index contributed by atoms with van der Waals surface area (Å²) in [6, 6.07) is 0.541. The van der Waals surface area contributed by atoms with Crippen molar-refractivity contribution in [3.63, 3.8) is 0 Å². The molecule has 3 atom stereocenters. The molecule has 1 heterocycles. The van der Waals surface area contributed by atoms with Crippen LogP contribution >= 0.6 is 0 Å². The van der Waals surface area contributed by atoms with E-state index in [2.05, 4.69) is 24.1 Å². The Hall–Kier alpha value is -0.160. The number of piperidine rings is 1. The van der Waals surface area contributed by atoms with Crippen molar-refractivity contribution in [1.82, 2.24) is 10.2 Å². The maximum absolute atomic E-state index is 9.43. The number of aliphatic hydroxyl groups is 2. The molecule has 0 aliphatic carbocycles. The van der Waals surface area contributed by atoms with Gasteiger partial charge in [0.25, 0.3) is 0 Å². The minimum Gasteiger partial charge on any atom is -0.394 e. The topological polar surface area (TPSA) is 55.7 Å². The first-order chi connectivity index (χ1) is 7.67. The summed E-state index contributed by atoms with van der Waals surface area (Å²) >= 11 is 0. The summed E-state index contributed by atoms with van der Waals surface area (Å²) in [5, 5.41) is 21.7. The summed E-state index contributed by atoms with van der Waals surface area (Å²) < 4.78 is 0. The van der Waals surface area contributed by atoms with E-state index in [-0.39, 0.29) is 6.61 Å². The maximum atomic E-state index is 9.43. The van der Waals surface area contributed by atoms with Gasteiger partial charge in [0.05, 0.1) is 12.7 Å². The molecule has 0 aromatic heterocycles. The van der Waals surface area contributed by atoms with Crippen LogP contribution in [-0.2, 0) is 0 Å². The maximum Gasteiger partial charge on any atom is 0.0897 e. The summed E-state index contributed by atoms with van der Waals surface area (Å²) in [5.41, 5.74) is 0. The molecule has 0 amide bonds. The lowest BCUT2D eigenvalue weighted by Crippen LogP contribution is -2.46. The number of likely N-dealkylation sites (tertiary alicyclic amines) is 1. The van der Waals surface area contributed by atoms with Gasteiger partial charge in [0, 0.05) is 19.1 Å². The molecule has 0 aromatic carbocycles. The Balaban J connectivity index is 2.34. The minimum atomic E-state index is -0.590. The highest BCUT2D eigenvalue weighted by Crippen LogP contribution is 2.19. The SMILES string of the molecule is CCNC(C)C1CCCN(CC(O)CO)C1. The van der Waals surface area contributed by atoms with E-state index >= 15 is 0 Å². The van der Waals surface area contributed by atoms with Crippen LogP contribution in [0.2, 0.25) is 0 Å². The van der Waals surface area contributed by atoms with Crippen molar-refractivity contribution in [2.45, 2.75) is 38.8 Å². The number of nitrogens with zero attached hydrogens (tertiary/aromatic N) is 1. The van der Waals surface area contributed by atoms with Crippen molar-refractivity contribution in [3.8, 4) is 0 Å². The first-order valence-corrected chi connectivity index (χ1v) is 6.42. The summed E-state index contributed by atoms with van der Waals surface area (Å²) in [4.78, 5) is 2.27. The second kappa shape index (κ2) is 7.22. The van der Waals surface area contributed by atoms with Gasteiger partial charge in [-0.15, -0.1) is 0 Å². The fourth-order valence-corrected chi connectivity index (χ4v) is 2.51. The van der Waals surface area contributed by atoms with E-state index in [1.165, 1.54) is 12.8 Å². The van der Waals surface area contributed by atoms with E-state index in [4.69, 9.17) is 5.11 Å². The number of aliphatic hydroxyl groups excluding tert-OH is 2. The van der Waals surface area contributed by atoms with Gasteiger partial charge < -0.3 is 20.4 Å². The van der Waals surface area contributed by atoms with Crippen molar-refractivity contribution < 1.29 is 10.2 Å². The van der Waals surface area contributed by atoms with E-state index < -0.39 is 6.10 Å². The van der Waals surface area contributed by atoms with Crippen molar-refractivity contribution in [2.75, 3.05) is 32.8 Å². The van der Waals surface area contributed by atoms with Gasteiger partial charge in [0.1, 0.15) is 0 Å². The molecule has 1 saturated heterocycles. The summed E-state index contributed by atoms with van der Waals surface area (Å²) in [7, 11) is 0. The Morgan fingerprint density at radius 2 is 2.25 bits per heavy atom. The molecule has 1 fully saturated rings. The largest absolute Gasteiger partial charge is 0.394 e. The second-order valence-corrected chi connectivity index (χ2v) is 4.84. The molecule has 3 unspecified atom stereocenters. The third kappa shape index (κ3) is 4.37. The zero-order valence-corrected chi connectivity index (χ0v) is 10.5. The highest BCUT2D eigenvalue weighted by atomic mass is 16.3. The number of nitrogens with one attached hydrogen (secondary N) is 1. The molecule has 1 aliphatic heterocycles. The summed E-state index contributed by atoms with van der Waals surface area (Å²) in [6.07, 6.45) is 1.87. The molecule has 0 bridgehead atoms. The molecule has 1 aliphatic rings. The van der Waals surface area contributed by atoms with Gasteiger partial charge in [0.2, 0.25) is 0 Å². The van der Waals surface area contributed by atoms with Gasteiger partial charge in [0.15, 0.2) is 0 Å². The number of β-amino-alcohol motifs (C(OH)–C–C–N with tert-alkyl or cyclic N) is 1. The lowest BCUT2D eigenvalue weighted by molar-refractivity contribution is 0.0410. The predicted molar refractivity (Wildman–Crippen MR) is 65.4 cm³/mol.